The smallest absolute Gasteiger partial charge is 0.228 e. The van der Waals surface area contributed by atoms with Crippen molar-refractivity contribution in [1.29, 1.82) is 0 Å². The van der Waals surface area contributed by atoms with Gasteiger partial charge in [-0.05, 0) is 24.0 Å². The zero-order valence-electron chi connectivity index (χ0n) is 11.1. The minimum absolute atomic E-state index is 0.0253. The number of nitrogens with zero attached hydrogens (tertiary/aromatic N) is 1. The number of aryl methyl sites for hydroxylation is 1. The molecule has 0 fully saturated rings. The standard InChI is InChI=1S/C15H19N3O/c1-2-3-4-12-5-7-13(8-6-12)9-15(19)18-14-10-16-17-11-14/h5-8,10-11H,2-4,9H2,1H3,(H,16,17)(H,18,19). The van der Waals surface area contributed by atoms with Crippen LogP contribution >= 0.6 is 0 Å². The predicted octanol–water partition coefficient (Wildman–Crippen LogP) is 2.93. The van der Waals surface area contributed by atoms with E-state index in [-0.39, 0.29) is 5.91 Å². The quantitative estimate of drug-likeness (QED) is 0.836. The van der Waals surface area contributed by atoms with E-state index in [0.29, 0.717) is 12.1 Å². The lowest BCUT2D eigenvalue weighted by Crippen LogP contribution is -2.13. The number of benzene rings is 1. The number of H-pyrrole nitrogens is 1. The molecule has 0 saturated heterocycles. The number of aromatic amines is 1. The van der Waals surface area contributed by atoms with Gasteiger partial charge in [0, 0.05) is 6.20 Å². The average molecular weight is 257 g/mol. The van der Waals surface area contributed by atoms with E-state index in [9.17, 15) is 4.79 Å². The summed E-state index contributed by atoms with van der Waals surface area (Å²) in [6.45, 7) is 2.19. The molecule has 100 valence electrons. The van der Waals surface area contributed by atoms with E-state index in [0.717, 1.165) is 12.0 Å². The molecule has 4 nitrogen and oxygen atoms in total. The van der Waals surface area contributed by atoms with Gasteiger partial charge in [-0.25, -0.2) is 0 Å². The molecule has 2 rings (SSSR count). The molecular weight excluding hydrogens is 238 g/mol. The molecule has 0 spiro atoms. The Kier molecular flexibility index (Phi) is 4.72. The molecule has 1 heterocycles. The van der Waals surface area contributed by atoms with Crippen molar-refractivity contribution < 1.29 is 4.79 Å². The van der Waals surface area contributed by atoms with E-state index in [1.165, 1.54) is 18.4 Å². The van der Waals surface area contributed by atoms with Gasteiger partial charge in [-0.1, -0.05) is 37.6 Å². The lowest BCUT2D eigenvalue weighted by Gasteiger charge is -2.04. The average Bonchev–Trinajstić information content (AvgIpc) is 2.90. The predicted molar refractivity (Wildman–Crippen MR) is 76.0 cm³/mol. The van der Waals surface area contributed by atoms with Crippen LogP contribution in [0.25, 0.3) is 0 Å². The van der Waals surface area contributed by atoms with E-state index < -0.39 is 0 Å². The summed E-state index contributed by atoms with van der Waals surface area (Å²) in [6, 6.07) is 8.27. The topological polar surface area (TPSA) is 57.8 Å². The summed E-state index contributed by atoms with van der Waals surface area (Å²) in [4.78, 5) is 11.8. The fourth-order valence-corrected chi connectivity index (χ4v) is 1.91. The van der Waals surface area contributed by atoms with Crippen LogP contribution in [0.3, 0.4) is 0 Å². The third-order valence-electron chi connectivity index (χ3n) is 2.99. The first-order chi connectivity index (χ1) is 9.28. The van der Waals surface area contributed by atoms with Crippen LogP contribution in [0.15, 0.2) is 36.7 Å². The van der Waals surface area contributed by atoms with Crippen molar-refractivity contribution in [3.63, 3.8) is 0 Å². The Morgan fingerprint density at radius 2 is 2.00 bits per heavy atom. The number of carbonyl (C=O) groups excluding carboxylic acids is 1. The summed E-state index contributed by atoms with van der Waals surface area (Å²) < 4.78 is 0. The number of unbranched alkanes of at least 4 members (excludes halogenated alkanes) is 1. The molecule has 4 heteroatoms. The van der Waals surface area contributed by atoms with Crippen molar-refractivity contribution >= 4 is 11.6 Å². The molecule has 0 aliphatic heterocycles. The van der Waals surface area contributed by atoms with Crippen molar-refractivity contribution in [1.82, 2.24) is 10.2 Å². The van der Waals surface area contributed by atoms with Gasteiger partial charge in [0.1, 0.15) is 0 Å². The van der Waals surface area contributed by atoms with Crippen molar-refractivity contribution in [3.05, 3.63) is 47.8 Å². The van der Waals surface area contributed by atoms with Crippen molar-refractivity contribution in [2.24, 2.45) is 0 Å². The van der Waals surface area contributed by atoms with Crippen LogP contribution < -0.4 is 5.32 Å². The monoisotopic (exact) mass is 257 g/mol. The Morgan fingerprint density at radius 3 is 2.63 bits per heavy atom. The molecule has 0 aliphatic rings. The van der Waals surface area contributed by atoms with Gasteiger partial charge in [-0.2, -0.15) is 5.10 Å². The summed E-state index contributed by atoms with van der Waals surface area (Å²) >= 11 is 0. The summed E-state index contributed by atoms with van der Waals surface area (Å²) in [6.07, 6.45) is 7.16. The Labute approximate surface area is 113 Å². The number of carbonyl (C=O) groups is 1. The molecule has 1 aromatic carbocycles. The van der Waals surface area contributed by atoms with Gasteiger partial charge < -0.3 is 5.32 Å². The van der Waals surface area contributed by atoms with Gasteiger partial charge in [-0.15, -0.1) is 0 Å². The van der Waals surface area contributed by atoms with E-state index >= 15 is 0 Å². The van der Waals surface area contributed by atoms with Crippen LogP contribution in [0.1, 0.15) is 30.9 Å². The van der Waals surface area contributed by atoms with Gasteiger partial charge in [0.05, 0.1) is 18.3 Å². The minimum atomic E-state index is -0.0253. The minimum Gasteiger partial charge on any atom is -0.323 e. The van der Waals surface area contributed by atoms with Crippen molar-refractivity contribution in [2.75, 3.05) is 5.32 Å². The summed E-state index contributed by atoms with van der Waals surface area (Å²) in [5.74, 6) is -0.0253. The van der Waals surface area contributed by atoms with Gasteiger partial charge in [-0.3, -0.25) is 9.89 Å². The number of amides is 1. The SMILES string of the molecule is CCCCc1ccc(CC(=O)Nc2cn[nH]c2)cc1. The van der Waals surface area contributed by atoms with Crippen LogP contribution in [0.4, 0.5) is 5.69 Å². The summed E-state index contributed by atoms with van der Waals surface area (Å²) in [5, 5.41) is 9.23. The fraction of sp³-hybridized carbons (Fsp3) is 0.333. The van der Waals surface area contributed by atoms with Crippen LogP contribution in [-0.4, -0.2) is 16.1 Å². The summed E-state index contributed by atoms with van der Waals surface area (Å²) in [7, 11) is 0. The maximum absolute atomic E-state index is 11.8. The number of hydrogen-bond donors (Lipinski definition) is 2. The second kappa shape index (κ2) is 6.73. The largest absolute Gasteiger partial charge is 0.323 e. The molecule has 0 unspecified atom stereocenters. The highest BCUT2D eigenvalue weighted by atomic mass is 16.1. The zero-order valence-corrected chi connectivity index (χ0v) is 11.1. The molecule has 1 amide bonds. The molecule has 19 heavy (non-hydrogen) atoms. The molecule has 2 aromatic rings. The first-order valence-corrected chi connectivity index (χ1v) is 6.64. The van der Waals surface area contributed by atoms with Gasteiger partial charge >= 0.3 is 0 Å². The van der Waals surface area contributed by atoms with Crippen LogP contribution in [-0.2, 0) is 17.6 Å². The first kappa shape index (κ1) is 13.3. The molecule has 1 aromatic heterocycles. The number of hydrogen-bond acceptors (Lipinski definition) is 2. The molecule has 2 N–H and O–H groups in total. The van der Waals surface area contributed by atoms with E-state index in [1.54, 1.807) is 12.4 Å². The highest BCUT2D eigenvalue weighted by Crippen LogP contribution is 2.09. The van der Waals surface area contributed by atoms with Crippen LogP contribution in [0, 0.1) is 0 Å². The molecular formula is C15H19N3O. The van der Waals surface area contributed by atoms with Gasteiger partial charge in [0.25, 0.3) is 0 Å². The Bertz CT molecular complexity index is 503. The molecule has 0 aliphatic carbocycles. The second-order valence-corrected chi connectivity index (χ2v) is 4.63. The van der Waals surface area contributed by atoms with Crippen molar-refractivity contribution in [2.45, 2.75) is 32.6 Å². The lowest BCUT2D eigenvalue weighted by atomic mass is 10.0. The third kappa shape index (κ3) is 4.25. The number of aromatic nitrogens is 2. The molecule has 0 atom stereocenters. The van der Waals surface area contributed by atoms with E-state index in [2.05, 4.69) is 34.6 Å². The first-order valence-electron chi connectivity index (χ1n) is 6.64. The molecule has 0 radical (unpaired) electrons. The fourth-order valence-electron chi connectivity index (χ4n) is 1.91. The Morgan fingerprint density at radius 1 is 1.26 bits per heavy atom. The second-order valence-electron chi connectivity index (χ2n) is 4.63. The third-order valence-corrected chi connectivity index (χ3v) is 2.99. The van der Waals surface area contributed by atoms with E-state index in [1.807, 2.05) is 12.1 Å². The molecule has 0 saturated carbocycles. The Balaban J connectivity index is 1.86. The van der Waals surface area contributed by atoms with Gasteiger partial charge in [0.2, 0.25) is 5.91 Å². The lowest BCUT2D eigenvalue weighted by molar-refractivity contribution is -0.115. The maximum Gasteiger partial charge on any atom is 0.228 e. The van der Waals surface area contributed by atoms with Gasteiger partial charge in [0.15, 0.2) is 0 Å². The van der Waals surface area contributed by atoms with Crippen LogP contribution in [0.5, 0.6) is 0 Å². The normalized spacial score (nSPS) is 10.4. The maximum atomic E-state index is 11.8. The summed E-state index contributed by atoms with van der Waals surface area (Å²) in [5.41, 5.74) is 3.06. The number of rotatable bonds is 6. The highest BCUT2D eigenvalue weighted by Gasteiger charge is 2.04. The van der Waals surface area contributed by atoms with E-state index in [4.69, 9.17) is 0 Å². The van der Waals surface area contributed by atoms with Crippen molar-refractivity contribution in [3.8, 4) is 0 Å². The number of anilines is 1. The highest BCUT2D eigenvalue weighted by molar-refractivity contribution is 5.91. The van der Waals surface area contributed by atoms with Crippen LogP contribution in [0.2, 0.25) is 0 Å². The zero-order chi connectivity index (χ0) is 13.5. The number of nitrogens with one attached hydrogen (secondary N) is 2. The molecule has 0 bridgehead atoms. The Hall–Kier alpha value is -2.10.